The molecule has 0 N–H and O–H groups in total. The number of allylic oxidation sites excluding steroid dienone is 16. The number of carbonyl (C=O) groups excluding carboxylic acids is 3. The molecule has 0 radical (unpaired) electrons. The normalized spacial score (nSPS) is 12.8. The van der Waals surface area contributed by atoms with Gasteiger partial charge in [0.1, 0.15) is 13.2 Å². The number of unbranched alkanes of at least 4 members (excludes halogenated alkanes) is 27. The smallest absolute Gasteiger partial charge is 0.306 e. The molecule has 412 valence electrons. The number of esters is 3. The predicted octanol–water partition coefficient (Wildman–Crippen LogP) is 20.5. The third-order valence-electron chi connectivity index (χ3n) is 12.8. The van der Waals surface area contributed by atoms with Crippen LogP contribution in [0.15, 0.2) is 97.2 Å². The Morgan fingerprint density at radius 2 is 0.569 bits per heavy atom. The van der Waals surface area contributed by atoms with Crippen molar-refractivity contribution in [2.45, 2.75) is 290 Å². The van der Waals surface area contributed by atoms with E-state index in [4.69, 9.17) is 14.2 Å². The van der Waals surface area contributed by atoms with Crippen LogP contribution in [-0.2, 0) is 28.6 Å². The van der Waals surface area contributed by atoms with Gasteiger partial charge in [0.05, 0.1) is 0 Å². The van der Waals surface area contributed by atoms with Crippen LogP contribution in [0, 0.1) is 0 Å². The second-order valence-corrected chi connectivity index (χ2v) is 19.9. The molecule has 0 aromatic carbocycles. The Bertz CT molecular complexity index is 1430. The minimum atomic E-state index is -0.810. The molecule has 0 aliphatic carbocycles. The molecule has 0 fully saturated rings. The van der Waals surface area contributed by atoms with Gasteiger partial charge < -0.3 is 14.2 Å². The van der Waals surface area contributed by atoms with Crippen LogP contribution in [0.2, 0.25) is 0 Å². The highest BCUT2D eigenvalue weighted by molar-refractivity contribution is 5.71. The topological polar surface area (TPSA) is 78.9 Å². The van der Waals surface area contributed by atoms with Gasteiger partial charge in [0.15, 0.2) is 6.10 Å². The van der Waals surface area contributed by atoms with E-state index in [2.05, 4.69) is 112 Å². The number of hydrogen-bond acceptors (Lipinski definition) is 6. The summed E-state index contributed by atoms with van der Waals surface area (Å²) in [6.07, 6.45) is 79.8. The highest BCUT2D eigenvalue weighted by Crippen LogP contribution is 2.16. The molecule has 0 rings (SSSR count). The summed E-state index contributed by atoms with van der Waals surface area (Å²) in [5, 5.41) is 0. The Morgan fingerprint density at radius 3 is 0.958 bits per heavy atom. The van der Waals surface area contributed by atoms with E-state index in [0.29, 0.717) is 19.3 Å². The number of rotatable bonds is 54. The zero-order chi connectivity index (χ0) is 52.2. The Labute approximate surface area is 445 Å². The first kappa shape index (κ1) is 68.3. The maximum Gasteiger partial charge on any atom is 0.306 e. The van der Waals surface area contributed by atoms with Crippen molar-refractivity contribution in [3.8, 4) is 0 Å². The highest BCUT2D eigenvalue weighted by atomic mass is 16.6. The van der Waals surface area contributed by atoms with E-state index in [1.165, 1.54) is 154 Å². The van der Waals surface area contributed by atoms with Crippen LogP contribution in [0.25, 0.3) is 0 Å². The number of ether oxygens (including phenoxy) is 3. The van der Waals surface area contributed by atoms with Gasteiger partial charge in [0.2, 0.25) is 0 Å². The van der Waals surface area contributed by atoms with Crippen molar-refractivity contribution in [1.29, 1.82) is 0 Å². The molecule has 0 saturated heterocycles. The third-order valence-corrected chi connectivity index (χ3v) is 12.8. The molecular formula is C66H112O6. The average Bonchev–Trinajstić information content (AvgIpc) is 3.38. The van der Waals surface area contributed by atoms with Crippen molar-refractivity contribution in [2.75, 3.05) is 13.2 Å². The Morgan fingerprint density at radius 1 is 0.292 bits per heavy atom. The van der Waals surface area contributed by atoms with Crippen LogP contribution in [0.3, 0.4) is 0 Å². The SMILES string of the molecule is CC/C=C/C/C=C/C/C=C/C/C=C/C/C=C/C/C=C/CCC(=O)OC[C@@H](COC(=O)CCCCCCCCCCCCCCCCCC)OC(=O)CCCCCCCCCCC/C=C/C/C=C/CCCCC. The van der Waals surface area contributed by atoms with Crippen LogP contribution in [0.1, 0.15) is 284 Å². The van der Waals surface area contributed by atoms with E-state index in [0.717, 1.165) is 83.5 Å². The molecule has 6 nitrogen and oxygen atoms in total. The molecule has 0 aromatic rings. The lowest BCUT2D eigenvalue weighted by molar-refractivity contribution is -0.166. The lowest BCUT2D eigenvalue weighted by Crippen LogP contribution is -2.30. The average molecular weight is 1000 g/mol. The van der Waals surface area contributed by atoms with E-state index in [9.17, 15) is 14.4 Å². The zero-order valence-electron chi connectivity index (χ0n) is 47.2. The van der Waals surface area contributed by atoms with Crippen LogP contribution < -0.4 is 0 Å². The fourth-order valence-corrected chi connectivity index (χ4v) is 8.32. The first-order valence-corrected chi connectivity index (χ1v) is 30.2. The van der Waals surface area contributed by atoms with E-state index >= 15 is 0 Å². The molecule has 0 saturated carbocycles. The second-order valence-electron chi connectivity index (χ2n) is 19.9. The molecule has 0 amide bonds. The van der Waals surface area contributed by atoms with Crippen LogP contribution in [-0.4, -0.2) is 37.2 Å². The van der Waals surface area contributed by atoms with Gasteiger partial charge in [-0.3, -0.25) is 14.4 Å². The van der Waals surface area contributed by atoms with Crippen molar-refractivity contribution >= 4 is 17.9 Å². The van der Waals surface area contributed by atoms with E-state index in [1.807, 2.05) is 6.08 Å². The highest BCUT2D eigenvalue weighted by Gasteiger charge is 2.19. The van der Waals surface area contributed by atoms with Crippen LogP contribution >= 0.6 is 0 Å². The molecule has 1 atom stereocenters. The van der Waals surface area contributed by atoms with Gasteiger partial charge in [-0.25, -0.2) is 0 Å². The number of carbonyl (C=O) groups is 3. The number of hydrogen-bond donors (Lipinski definition) is 0. The Balaban J connectivity index is 4.49. The molecule has 6 heteroatoms. The molecule has 0 heterocycles. The lowest BCUT2D eigenvalue weighted by Gasteiger charge is -2.18. The molecule has 0 unspecified atom stereocenters. The van der Waals surface area contributed by atoms with E-state index in [-0.39, 0.29) is 37.5 Å². The summed E-state index contributed by atoms with van der Waals surface area (Å²) >= 11 is 0. The summed E-state index contributed by atoms with van der Waals surface area (Å²) in [6, 6.07) is 0. The van der Waals surface area contributed by atoms with Gasteiger partial charge in [-0.1, -0.05) is 272 Å². The van der Waals surface area contributed by atoms with Crippen molar-refractivity contribution in [2.24, 2.45) is 0 Å². The van der Waals surface area contributed by atoms with E-state index < -0.39 is 6.10 Å². The monoisotopic (exact) mass is 1000 g/mol. The molecular weight excluding hydrogens is 889 g/mol. The summed E-state index contributed by atoms with van der Waals surface area (Å²) in [6.45, 7) is 6.46. The summed E-state index contributed by atoms with van der Waals surface area (Å²) in [7, 11) is 0. The van der Waals surface area contributed by atoms with Gasteiger partial charge in [0, 0.05) is 19.3 Å². The molecule has 0 aliphatic heterocycles. The van der Waals surface area contributed by atoms with Crippen molar-refractivity contribution in [1.82, 2.24) is 0 Å². The first-order valence-electron chi connectivity index (χ1n) is 30.2. The van der Waals surface area contributed by atoms with Gasteiger partial charge in [-0.05, 0) is 89.9 Å². The lowest BCUT2D eigenvalue weighted by atomic mass is 10.0. The molecule has 72 heavy (non-hydrogen) atoms. The quantitative estimate of drug-likeness (QED) is 0.0261. The Kier molecular flexibility index (Phi) is 56.8. The van der Waals surface area contributed by atoms with Gasteiger partial charge in [-0.15, -0.1) is 0 Å². The first-order chi connectivity index (χ1) is 35.5. The third kappa shape index (κ3) is 57.2. The minimum absolute atomic E-state index is 0.101. The molecule has 0 aromatic heterocycles. The van der Waals surface area contributed by atoms with Crippen LogP contribution in [0.4, 0.5) is 0 Å². The van der Waals surface area contributed by atoms with Gasteiger partial charge >= 0.3 is 17.9 Å². The fourth-order valence-electron chi connectivity index (χ4n) is 8.32. The van der Waals surface area contributed by atoms with E-state index in [1.54, 1.807) is 0 Å². The molecule has 0 spiro atoms. The summed E-state index contributed by atoms with van der Waals surface area (Å²) in [5.74, 6) is -0.984. The van der Waals surface area contributed by atoms with Crippen molar-refractivity contribution in [3.63, 3.8) is 0 Å². The van der Waals surface area contributed by atoms with Gasteiger partial charge in [0.25, 0.3) is 0 Å². The second kappa shape index (κ2) is 59.9. The maximum absolute atomic E-state index is 12.9. The maximum atomic E-state index is 12.9. The van der Waals surface area contributed by atoms with Crippen molar-refractivity contribution in [3.05, 3.63) is 97.2 Å². The molecule has 0 aliphatic rings. The summed E-state index contributed by atoms with van der Waals surface area (Å²) < 4.78 is 16.8. The molecule has 0 bridgehead atoms. The van der Waals surface area contributed by atoms with Crippen LogP contribution in [0.5, 0.6) is 0 Å². The Hall–Kier alpha value is -3.67. The summed E-state index contributed by atoms with van der Waals surface area (Å²) in [4.78, 5) is 38.2. The fraction of sp³-hybridized carbons (Fsp3) is 0.712. The predicted molar refractivity (Wildman–Crippen MR) is 311 cm³/mol. The van der Waals surface area contributed by atoms with Crippen molar-refractivity contribution < 1.29 is 28.6 Å². The standard InChI is InChI=1S/C66H112O6/c1-4-7-10-13-16-19-22-25-28-31-33-35-38-41-44-47-50-53-56-59-65(68)71-62-63(61-70-64(67)58-55-52-49-46-43-40-37-30-27-24-21-18-15-12-9-6-3)72-66(69)60-57-54-51-48-45-42-39-36-34-32-29-26-23-20-17-14-11-8-5-2/h7,10,16-17,19-20,25-26,28-29,33,35,41,44,50,53,63H,4-6,8-9,11-15,18,21-24,27,30-32,34,36-40,42-43,45-49,51-52,54-62H2,1-3H3/b10-7+,19-16+,20-17+,28-25+,29-26+,35-33+,44-41+,53-50+/t63-/m1/s1. The largest absolute Gasteiger partial charge is 0.462 e. The van der Waals surface area contributed by atoms with Gasteiger partial charge in [-0.2, -0.15) is 0 Å². The zero-order valence-corrected chi connectivity index (χ0v) is 47.2. The minimum Gasteiger partial charge on any atom is -0.462 e. The summed E-state index contributed by atoms with van der Waals surface area (Å²) in [5.41, 5.74) is 0.